The van der Waals surface area contributed by atoms with E-state index in [4.69, 9.17) is 9.84 Å². The van der Waals surface area contributed by atoms with E-state index in [9.17, 15) is 4.79 Å². The fraction of sp³-hybridized carbons (Fsp3) is 0.214. The summed E-state index contributed by atoms with van der Waals surface area (Å²) in [5, 5.41) is 8.81. The van der Waals surface area contributed by atoms with Crippen LogP contribution in [0, 0.1) is 0 Å². The molecule has 1 aromatic heterocycles. The van der Waals surface area contributed by atoms with Gasteiger partial charge in [-0.25, -0.2) is 14.8 Å². The van der Waals surface area contributed by atoms with Gasteiger partial charge in [-0.1, -0.05) is 0 Å². The molecule has 19 heavy (non-hydrogen) atoms. The van der Waals surface area contributed by atoms with Gasteiger partial charge in [0, 0.05) is 12.0 Å². The molecule has 1 aliphatic carbocycles. The van der Waals surface area contributed by atoms with E-state index in [1.165, 1.54) is 31.3 Å². The minimum Gasteiger partial charge on any atom is -0.478 e. The Morgan fingerprint density at radius 1 is 1.21 bits per heavy atom. The summed E-state index contributed by atoms with van der Waals surface area (Å²) in [6.45, 7) is 0. The van der Waals surface area contributed by atoms with E-state index in [0.29, 0.717) is 17.5 Å². The molecule has 0 unspecified atom stereocenters. The SMILES string of the molecule is O=C(O)c1ccc(Oc2cc(C3CC3)ncn2)cc1. The van der Waals surface area contributed by atoms with Crippen LogP contribution in [0.4, 0.5) is 0 Å². The zero-order valence-electron chi connectivity index (χ0n) is 10.1. The predicted octanol–water partition coefficient (Wildman–Crippen LogP) is 2.84. The Labute approximate surface area is 109 Å². The molecule has 0 atom stereocenters. The van der Waals surface area contributed by atoms with E-state index >= 15 is 0 Å². The van der Waals surface area contributed by atoms with Crippen molar-refractivity contribution in [3.8, 4) is 11.6 Å². The van der Waals surface area contributed by atoms with Crippen molar-refractivity contribution >= 4 is 5.97 Å². The standard InChI is InChI=1S/C14H12N2O3/c17-14(18)10-3-5-11(6-4-10)19-13-7-12(9-1-2-9)15-8-16-13/h3-9H,1-2H2,(H,17,18). The van der Waals surface area contributed by atoms with Gasteiger partial charge < -0.3 is 9.84 Å². The Morgan fingerprint density at radius 2 is 1.95 bits per heavy atom. The third-order valence-corrected chi connectivity index (χ3v) is 2.98. The lowest BCUT2D eigenvalue weighted by molar-refractivity contribution is 0.0697. The highest BCUT2D eigenvalue weighted by atomic mass is 16.5. The van der Waals surface area contributed by atoms with Crippen LogP contribution in [0.15, 0.2) is 36.7 Å². The van der Waals surface area contributed by atoms with Crippen LogP contribution in [0.3, 0.4) is 0 Å². The van der Waals surface area contributed by atoms with Gasteiger partial charge in [-0.3, -0.25) is 0 Å². The molecule has 2 aromatic rings. The van der Waals surface area contributed by atoms with E-state index in [2.05, 4.69) is 9.97 Å². The molecule has 3 rings (SSSR count). The molecule has 1 saturated carbocycles. The van der Waals surface area contributed by atoms with Crippen molar-refractivity contribution in [1.82, 2.24) is 9.97 Å². The van der Waals surface area contributed by atoms with Gasteiger partial charge >= 0.3 is 5.97 Å². The maximum Gasteiger partial charge on any atom is 0.335 e. The van der Waals surface area contributed by atoms with Gasteiger partial charge in [-0.2, -0.15) is 0 Å². The van der Waals surface area contributed by atoms with Crippen LogP contribution < -0.4 is 4.74 Å². The third-order valence-electron chi connectivity index (χ3n) is 2.98. The number of carboxylic acids is 1. The highest BCUT2D eigenvalue weighted by molar-refractivity contribution is 5.87. The van der Waals surface area contributed by atoms with Gasteiger partial charge in [0.25, 0.3) is 0 Å². The van der Waals surface area contributed by atoms with Gasteiger partial charge in [-0.15, -0.1) is 0 Å². The smallest absolute Gasteiger partial charge is 0.335 e. The van der Waals surface area contributed by atoms with E-state index in [1.54, 1.807) is 12.1 Å². The summed E-state index contributed by atoms with van der Waals surface area (Å²) in [6.07, 6.45) is 3.84. The van der Waals surface area contributed by atoms with E-state index in [1.807, 2.05) is 6.07 Å². The Bertz CT molecular complexity index is 606. The minimum absolute atomic E-state index is 0.230. The Balaban J connectivity index is 1.76. The molecule has 0 bridgehead atoms. The van der Waals surface area contributed by atoms with Crippen molar-refractivity contribution in [3.63, 3.8) is 0 Å². The number of nitrogens with zero attached hydrogens (tertiary/aromatic N) is 2. The summed E-state index contributed by atoms with van der Waals surface area (Å²) in [5.74, 6) is 0.634. The van der Waals surface area contributed by atoms with Crippen molar-refractivity contribution in [2.45, 2.75) is 18.8 Å². The Morgan fingerprint density at radius 3 is 2.58 bits per heavy atom. The van der Waals surface area contributed by atoms with Crippen molar-refractivity contribution in [2.24, 2.45) is 0 Å². The van der Waals surface area contributed by atoms with E-state index < -0.39 is 5.97 Å². The number of carboxylic acid groups (broad SMARTS) is 1. The van der Waals surface area contributed by atoms with Gasteiger partial charge in [0.05, 0.1) is 11.3 Å². The summed E-state index contributed by atoms with van der Waals surface area (Å²) in [4.78, 5) is 19.0. The predicted molar refractivity (Wildman–Crippen MR) is 67.5 cm³/mol. The number of benzene rings is 1. The summed E-state index contributed by atoms with van der Waals surface area (Å²) < 4.78 is 5.59. The first-order chi connectivity index (χ1) is 9.22. The summed E-state index contributed by atoms with van der Waals surface area (Å²) in [7, 11) is 0. The molecule has 1 aliphatic rings. The fourth-order valence-electron chi connectivity index (χ4n) is 1.80. The summed E-state index contributed by atoms with van der Waals surface area (Å²) in [5.41, 5.74) is 1.24. The molecule has 5 heteroatoms. The summed E-state index contributed by atoms with van der Waals surface area (Å²) >= 11 is 0. The first-order valence-corrected chi connectivity index (χ1v) is 6.05. The molecule has 1 N–H and O–H groups in total. The Hall–Kier alpha value is -2.43. The van der Waals surface area contributed by atoms with Crippen molar-refractivity contribution < 1.29 is 14.6 Å². The molecule has 0 saturated heterocycles. The van der Waals surface area contributed by atoms with Crippen molar-refractivity contribution in [2.75, 3.05) is 0 Å². The second-order valence-electron chi connectivity index (χ2n) is 4.49. The van der Waals surface area contributed by atoms with Crippen molar-refractivity contribution in [1.29, 1.82) is 0 Å². The third kappa shape index (κ3) is 2.70. The van der Waals surface area contributed by atoms with Crippen LogP contribution in [0.1, 0.15) is 34.8 Å². The van der Waals surface area contributed by atoms with Crippen LogP contribution in [-0.2, 0) is 0 Å². The summed E-state index contributed by atoms with van der Waals surface area (Å²) in [6, 6.07) is 8.06. The second kappa shape index (κ2) is 4.68. The van der Waals surface area contributed by atoms with Crippen LogP contribution in [0.2, 0.25) is 0 Å². The van der Waals surface area contributed by atoms with Crippen molar-refractivity contribution in [3.05, 3.63) is 47.9 Å². The first-order valence-electron chi connectivity index (χ1n) is 6.05. The average Bonchev–Trinajstić information content (AvgIpc) is 3.24. The molecule has 1 fully saturated rings. The molecule has 96 valence electrons. The quantitative estimate of drug-likeness (QED) is 0.910. The lowest BCUT2D eigenvalue weighted by atomic mass is 10.2. The zero-order valence-corrected chi connectivity index (χ0v) is 10.1. The molecule has 5 nitrogen and oxygen atoms in total. The largest absolute Gasteiger partial charge is 0.478 e. The molecule has 1 heterocycles. The minimum atomic E-state index is -0.954. The molecular weight excluding hydrogens is 244 g/mol. The second-order valence-corrected chi connectivity index (χ2v) is 4.49. The molecular formula is C14H12N2O3. The zero-order chi connectivity index (χ0) is 13.2. The number of hydrogen-bond donors (Lipinski definition) is 1. The van der Waals surface area contributed by atoms with Gasteiger partial charge in [0.2, 0.25) is 5.88 Å². The van der Waals surface area contributed by atoms with Crippen LogP contribution >= 0.6 is 0 Å². The number of ether oxygens (including phenoxy) is 1. The molecule has 1 aromatic carbocycles. The van der Waals surface area contributed by atoms with Gasteiger partial charge in [-0.05, 0) is 37.1 Å². The number of hydrogen-bond acceptors (Lipinski definition) is 4. The highest BCUT2D eigenvalue weighted by Crippen LogP contribution is 2.39. The molecule has 0 amide bonds. The van der Waals surface area contributed by atoms with Gasteiger partial charge in [0.15, 0.2) is 0 Å². The number of aromatic carboxylic acids is 1. The van der Waals surface area contributed by atoms with Gasteiger partial charge in [0.1, 0.15) is 12.1 Å². The molecule has 0 aliphatic heterocycles. The number of rotatable bonds is 4. The number of aromatic nitrogens is 2. The highest BCUT2D eigenvalue weighted by Gasteiger charge is 2.25. The van der Waals surface area contributed by atoms with Crippen LogP contribution in [0.25, 0.3) is 0 Å². The molecule has 0 spiro atoms. The topological polar surface area (TPSA) is 72.3 Å². The maximum absolute atomic E-state index is 10.7. The lowest BCUT2D eigenvalue weighted by Crippen LogP contribution is -1.96. The first kappa shape index (κ1) is 11.6. The monoisotopic (exact) mass is 256 g/mol. The lowest BCUT2D eigenvalue weighted by Gasteiger charge is -2.05. The van der Waals surface area contributed by atoms with Crippen LogP contribution in [-0.4, -0.2) is 21.0 Å². The Kier molecular flexibility index (Phi) is 2.87. The van der Waals surface area contributed by atoms with E-state index in [0.717, 1.165) is 5.69 Å². The maximum atomic E-state index is 10.7. The van der Waals surface area contributed by atoms with E-state index in [-0.39, 0.29) is 5.56 Å². The fourth-order valence-corrected chi connectivity index (χ4v) is 1.80. The number of carbonyl (C=O) groups is 1. The van der Waals surface area contributed by atoms with Crippen LogP contribution in [0.5, 0.6) is 11.6 Å². The normalized spacial score (nSPS) is 14.1. The average molecular weight is 256 g/mol. The molecule has 0 radical (unpaired) electrons.